The maximum absolute atomic E-state index is 13.3. The Bertz CT molecular complexity index is 1160. The maximum atomic E-state index is 13.3. The fourth-order valence-electron chi connectivity index (χ4n) is 3.83. The van der Waals surface area contributed by atoms with E-state index >= 15 is 0 Å². The first-order valence-electron chi connectivity index (χ1n) is 10.2. The SMILES string of the molecule is CN(C)c1ccc(C2C(C(=O)c3cccs3)=C(O)C(=O)N2c2ccc(N(C)C)cc2)cc1. The highest BCUT2D eigenvalue weighted by Crippen LogP contribution is 2.42. The molecule has 0 saturated carbocycles. The predicted octanol–water partition coefficient (Wildman–Crippen LogP) is 4.66. The average molecular weight is 448 g/mol. The first-order valence-corrected chi connectivity index (χ1v) is 11.1. The zero-order chi connectivity index (χ0) is 23.0. The van der Waals surface area contributed by atoms with Gasteiger partial charge in [-0.1, -0.05) is 18.2 Å². The lowest BCUT2D eigenvalue weighted by molar-refractivity contribution is -0.117. The van der Waals surface area contributed by atoms with Gasteiger partial charge in [-0.15, -0.1) is 11.3 Å². The van der Waals surface area contributed by atoms with Crippen LogP contribution in [0.4, 0.5) is 17.1 Å². The highest BCUT2D eigenvalue weighted by Gasteiger charge is 2.44. The Kier molecular flexibility index (Phi) is 5.76. The fraction of sp³-hybridized carbons (Fsp3) is 0.200. The molecule has 0 fully saturated rings. The molecular formula is C25H25N3O3S. The largest absolute Gasteiger partial charge is 0.503 e. The normalized spacial score (nSPS) is 15.9. The number of carbonyl (C=O) groups is 2. The molecule has 1 aliphatic rings. The fourth-order valence-corrected chi connectivity index (χ4v) is 4.50. The van der Waals surface area contributed by atoms with E-state index in [0.29, 0.717) is 10.6 Å². The standard InChI is InChI=1S/C25H25N3O3S/c1-26(2)17-9-7-16(8-10-17)22-21(23(29)20-6-5-15-32-20)24(30)25(31)28(22)19-13-11-18(12-14-19)27(3)4/h5-15,22,30H,1-4H3. The van der Waals surface area contributed by atoms with Gasteiger partial charge in [0.25, 0.3) is 5.91 Å². The highest BCUT2D eigenvalue weighted by atomic mass is 32.1. The number of carbonyl (C=O) groups excluding carboxylic acids is 2. The molecule has 1 atom stereocenters. The molecule has 6 nitrogen and oxygen atoms in total. The van der Waals surface area contributed by atoms with Gasteiger partial charge < -0.3 is 14.9 Å². The number of rotatable bonds is 6. The van der Waals surface area contributed by atoms with Gasteiger partial charge in [0.05, 0.1) is 16.5 Å². The number of Topliss-reactive ketones (excluding diaryl/α,β-unsaturated/α-hetero) is 1. The summed E-state index contributed by atoms with van der Waals surface area (Å²) in [4.78, 5) is 32.5. The molecule has 32 heavy (non-hydrogen) atoms. The van der Waals surface area contributed by atoms with Crippen LogP contribution < -0.4 is 14.7 Å². The summed E-state index contributed by atoms with van der Waals surface area (Å²) in [6, 6.07) is 17.9. The highest BCUT2D eigenvalue weighted by molar-refractivity contribution is 7.12. The van der Waals surface area contributed by atoms with Gasteiger partial charge in [-0.25, -0.2) is 0 Å². The summed E-state index contributed by atoms with van der Waals surface area (Å²) in [7, 11) is 7.78. The third-order valence-electron chi connectivity index (χ3n) is 5.57. The van der Waals surface area contributed by atoms with Gasteiger partial charge in [-0.05, 0) is 53.4 Å². The lowest BCUT2D eigenvalue weighted by Gasteiger charge is -2.27. The molecule has 2 heterocycles. The summed E-state index contributed by atoms with van der Waals surface area (Å²) in [5, 5.41) is 12.6. The number of nitrogens with zero attached hydrogens (tertiary/aromatic N) is 3. The van der Waals surface area contributed by atoms with Crippen molar-refractivity contribution in [1.82, 2.24) is 0 Å². The average Bonchev–Trinajstić information content (AvgIpc) is 3.41. The topological polar surface area (TPSA) is 64.1 Å². The third kappa shape index (κ3) is 3.76. The Labute approximate surface area is 191 Å². The zero-order valence-corrected chi connectivity index (χ0v) is 19.3. The van der Waals surface area contributed by atoms with Crippen LogP contribution in [0.25, 0.3) is 0 Å². The summed E-state index contributed by atoms with van der Waals surface area (Å²) in [5.74, 6) is -1.41. The van der Waals surface area contributed by atoms with Gasteiger partial charge in [-0.2, -0.15) is 0 Å². The van der Waals surface area contributed by atoms with E-state index in [4.69, 9.17) is 0 Å². The van der Waals surface area contributed by atoms with Crippen molar-refractivity contribution in [3.05, 3.63) is 87.8 Å². The van der Waals surface area contributed by atoms with Crippen molar-refractivity contribution in [1.29, 1.82) is 0 Å². The van der Waals surface area contributed by atoms with Crippen LogP contribution in [-0.4, -0.2) is 45.0 Å². The molecule has 0 radical (unpaired) electrons. The van der Waals surface area contributed by atoms with Crippen molar-refractivity contribution in [2.45, 2.75) is 6.04 Å². The summed E-state index contributed by atoms with van der Waals surface area (Å²) in [5.41, 5.74) is 3.46. The van der Waals surface area contributed by atoms with Gasteiger partial charge in [0.1, 0.15) is 0 Å². The molecule has 4 rings (SSSR count). The summed E-state index contributed by atoms with van der Waals surface area (Å²) < 4.78 is 0. The van der Waals surface area contributed by atoms with Crippen LogP contribution in [0.15, 0.2) is 77.4 Å². The number of thiophene rings is 1. The molecule has 1 unspecified atom stereocenters. The van der Waals surface area contributed by atoms with Gasteiger partial charge in [-0.3, -0.25) is 14.5 Å². The lowest BCUT2D eigenvalue weighted by atomic mass is 9.95. The number of benzene rings is 2. The van der Waals surface area contributed by atoms with E-state index in [9.17, 15) is 14.7 Å². The number of amides is 1. The minimum absolute atomic E-state index is 0.103. The molecule has 1 amide bonds. The molecule has 1 N–H and O–H groups in total. The van der Waals surface area contributed by atoms with Gasteiger partial charge in [0, 0.05) is 45.3 Å². The van der Waals surface area contributed by atoms with Crippen molar-refractivity contribution in [2.75, 3.05) is 42.9 Å². The Morgan fingerprint density at radius 3 is 1.97 bits per heavy atom. The number of hydrogen-bond acceptors (Lipinski definition) is 6. The Hall–Kier alpha value is -3.58. The number of aliphatic hydroxyl groups is 1. The smallest absolute Gasteiger partial charge is 0.294 e. The molecule has 0 saturated heterocycles. The van der Waals surface area contributed by atoms with Gasteiger partial charge in [0.2, 0.25) is 5.78 Å². The van der Waals surface area contributed by atoms with Crippen molar-refractivity contribution >= 4 is 40.1 Å². The molecule has 0 bridgehead atoms. The summed E-state index contributed by atoms with van der Waals surface area (Å²) in [6.07, 6.45) is 0. The van der Waals surface area contributed by atoms with Crippen LogP contribution >= 0.6 is 11.3 Å². The molecular weight excluding hydrogens is 422 g/mol. The van der Waals surface area contributed by atoms with Crippen LogP contribution in [0.2, 0.25) is 0 Å². The second-order valence-electron chi connectivity index (χ2n) is 8.04. The first kappa shape index (κ1) is 21.6. The molecule has 0 spiro atoms. The minimum Gasteiger partial charge on any atom is -0.503 e. The van der Waals surface area contributed by atoms with E-state index in [1.165, 1.54) is 16.2 Å². The van der Waals surface area contributed by atoms with E-state index in [2.05, 4.69) is 0 Å². The Morgan fingerprint density at radius 1 is 0.906 bits per heavy atom. The molecule has 164 valence electrons. The molecule has 1 aliphatic heterocycles. The molecule has 0 aliphatic carbocycles. The maximum Gasteiger partial charge on any atom is 0.294 e. The van der Waals surface area contributed by atoms with Gasteiger partial charge >= 0.3 is 0 Å². The Morgan fingerprint density at radius 2 is 1.47 bits per heavy atom. The summed E-state index contributed by atoms with van der Waals surface area (Å²) in [6.45, 7) is 0. The first-order chi connectivity index (χ1) is 15.3. The number of aliphatic hydroxyl groups excluding tert-OH is 1. The minimum atomic E-state index is -0.724. The van der Waals surface area contributed by atoms with Gasteiger partial charge in [0.15, 0.2) is 5.76 Å². The number of hydrogen-bond donors (Lipinski definition) is 1. The van der Waals surface area contributed by atoms with E-state index < -0.39 is 17.7 Å². The second-order valence-corrected chi connectivity index (χ2v) is 8.99. The van der Waals surface area contributed by atoms with E-state index in [-0.39, 0.29) is 11.4 Å². The molecule has 1 aromatic heterocycles. The van der Waals surface area contributed by atoms with E-state index in [1.807, 2.05) is 86.5 Å². The van der Waals surface area contributed by atoms with Crippen molar-refractivity contribution in [3.63, 3.8) is 0 Å². The van der Waals surface area contributed by atoms with Crippen LogP contribution in [0.3, 0.4) is 0 Å². The van der Waals surface area contributed by atoms with Crippen LogP contribution in [-0.2, 0) is 4.79 Å². The molecule has 7 heteroatoms. The third-order valence-corrected chi connectivity index (χ3v) is 6.44. The lowest BCUT2D eigenvalue weighted by Crippen LogP contribution is -2.31. The van der Waals surface area contributed by atoms with E-state index in [1.54, 1.807) is 17.5 Å². The molecule has 2 aromatic carbocycles. The number of ketones is 1. The summed E-state index contributed by atoms with van der Waals surface area (Å²) >= 11 is 1.29. The second kappa shape index (κ2) is 8.51. The zero-order valence-electron chi connectivity index (χ0n) is 18.4. The van der Waals surface area contributed by atoms with Crippen molar-refractivity contribution in [3.8, 4) is 0 Å². The van der Waals surface area contributed by atoms with Crippen molar-refractivity contribution in [2.24, 2.45) is 0 Å². The van der Waals surface area contributed by atoms with Crippen LogP contribution in [0.1, 0.15) is 21.3 Å². The van der Waals surface area contributed by atoms with Crippen LogP contribution in [0, 0.1) is 0 Å². The quantitative estimate of drug-likeness (QED) is 0.557. The van der Waals surface area contributed by atoms with Crippen molar-refractivity contribution < 1.29 is 14.7 Å². The molecule has 3 aromatic rings. The Balaban J connectivity index is 1.83. The number of anilines is 3. The van der Waals surface area contributed by atoms with Crippen LogP contribution in [0.5, 0.6) is 0 Å². The predicted molar refractivity (Wildman–Crippen MR) is 130 cm³/mol. The monoisotopic (exact) mass is 447 g/mol. The van der Waals surface area contributed by atoms with E-state index in [0.717, 1.165) is 16.9 Å².